The summed E-state index contributed by atoms with van der Waals surface area (Å²) >= 11 is 0. The van der Waals surface area contributed by atoms with Gasteiger partial charge in [0.1, 0.15) is 0 Å². The Labute approximate surface area is 157 Å². The summed E-state index contributed by atoms with van der Waals surface area (Å²) in [6, 6.07) is 4.98. The van der Waals surface area contributed by atoms with Crippen molar-refractivity contribution >= 4 is 0 Å². The summed E-state index contributed by atoms with van der Waals surface area (Å²) in [4.78, 5) is 8.94. The zero-order valence-electron chi connectivity index (χ0n) is 16.1. The number of nitrogens with zero attached hydrogens (tertiary/aromatic N) is 2. The van der Waals surface area contributed by atoms with Gasteiger partial charge in [-0.2, -0.15) is 0 Å². The lowest BCUT2D eigenvalue weighted by Crippen LogP contribution is -1.99. The van der Waals surface area contributed by atoms with E-state index in [1.165, 1.54) is 38.2 Å². The molecule has 0 saturated heterocycles. The highest BCUT2D eigenvalue weighted by Crippen LogP contribution is 2.24. The van der Waals surface area contributed by atoms with Crippen LogP contribution in [0.1, 0.15) is 70.9 Å². The van der Waals surface area contributed by atoms with Crippen molar-refractivity contribution in [3.05, 3.63) is 42.1 Å². The molecule has 0 fully saturated rings. The maximum Gasteiger partial charge on any atom is 0.165 e. The van der Waals surface area contributed by atoms with Crippen LogP contribution >= 0.6 is 0 Å². The number of halogens is 1. The molecule has 0 unspecified atom stereocenters. The monoisotopic (exact) mass is 358 g/mol. The number of benzene rings is 1. The molecular weight excluding hydrogens is 327 g/mol. The minimum atomic E-state index is -0.350. The fraction of sp³-hybridized carbons (Fsp3) is 0.545. The van der Waals surface area contributed by atoms with E-state index in [0.29, 0.717) is 18.1 Å². The van der Waals surface area contributed by atoms with E-state index in [-0.39, 0.29) is 5.82 Å². The summed E-state index contributed by atoms with van der Waals surface area (Å²) in [5.41, 5.74) is 2.42. The Bertz CT molecular complexity index is 643. The zero-order valence-corrected chi connectivity index (χ0v) is 16.1. The first kappa shape index (κ1) is 20.3. The maximum atomic E-state index is 14.2. The van der Waals surface area contributed by atoms with Gasteiger partial charge in [-0.25, -0.2) is 4.39 Å². The summed E-state index contributed by atoms with van der Waals surface area (Å²) in [5, 5.41) is 0. The third-order valence-electron chi connectivity index (χ3n) is 4.47. The molecule has 2 aromatic rings. The van der Waals surface area contributed by atoms with Crippen LogP contribution in [0.25, 0.3) is 11.3 Å². The lowest BCUT2D eigenvalue weighted by atomic mass is 10.1. The second-order valence-electron chi connectivity index (χ2n) is 6.76. The minimum Gasteiger partial charge on any atom is -0.491 e. The minimum absolute atomic E-state index is 0.301. The highest BCUT2D eigenvalue weighted by Gasteiger charge is 2.08. The van der Waals surface area contributed by atoms with Gasteiger partial charge in [0, 0.05) is 11.8 Å². The highest BCUT2D eigenvalue weighted by atomic mass is 19.1. The van der Waals surface area contributed by atoms with Crippen LogP contribution in [0.2, 0.25) is 0 Å². The van der Waals surface area contributed by atoms with E-state index < -0.39 is 0 Å². The van der Waals surface area contributed by atoms with Gasteiger partial charge in [-0.1, -0.05) is 52.4 Å². The van der Waals surface area contributed by atoms with Gasteiger partial charge in [0.2, 0.25) is 0 Å². The number of aryl methyl sites for hydroxylation is 1. The van der Waals surface area contributed by atoms with Crippen molar-refractivity contribution < 1.29 is 9.13 Å². The standard InChI is InChI=1S/C22H31FN2O/c1-3-5-7-8-9-10-11-19-16-25-21(17-24-19)18-12-13-22(20(23)15-18)26-14-6-4-2/h12-13,15-17H,3-11,14H2,1-2H3. The molecule has 0 aliphatic heterocycles. The van der Waals surface area contributed by atoms with Crippen molar-refractivity contribution in [2.75, 3.05) is 6.61 Å². The number of hydrogen-bond acceptors (Lipinski definition) is 3. The molecule has 0 amide bonds. The summed E-state index contributed by atoms with van der Waals surface area (Å²) < 4.78 is 19.6. The molecule has 3 nitrogen and oxygen atoms in total. The number of unbranched alkanes of at least 4 members (excludes halogenated alkanes) is 6. The lowest BCUT2D eigenvalue weighted by molar-refractivity contribution is 0.294. The molecule has 0 saturated carbocycles. The lowest BCUT2D eigenvalue weighted by Gasteiger charge is -2.08. The Hall–Kier alpha value is -1.97. The van der Waals surface area contributed by atoms with Gasteiger partial charge in [0.05, 0.1) is 24.2 Å². The molecule has 0 aliphatic rings. The summed E-state index contributed by atoms with van der Waals surface area (Å²) in [6.07, 6.45) is 14.1. The van der Waals surface area contributed by atoms with Gasteiger partial charge in [-0.3, -0.25) is 9.97 Å². The van der Waals surface area contributed by atoms with Crippen LogP contribution in [0.15, 0.2) is 30.6 Å². The molecule has 0 spiro atoms. The molecule has 0 N–H and O–H groups in total. The predicted octanol–water partition coefficient (Wildman–Crippen LogP) is 6.36. The Morgan fingerprint density at radius 2 is 1.65 bits per heavy atom. The van der Waals surface area contributed by atoms with Crippen LogP contribution in [-0.4, -0.2) is 16.6 Å². The van der Waals surface area contributed by atoms with Gasteiger partial charge in [0.25, 0.3) is 0 Å². The third kappa shape index (κ3) is 6.74. The number of aromatic nitrogens is 2. The summed E-state index contributed by atoms with van der Waals surface area (Å²) in [6.45, 7) is 4.85. The van der Waals surface area contributed by atoms with E-state index in [9.17, 15) is 4.39 Å². The molecule has 1 aromatic carbocycles. The smallest absolute Gasteiger partial charge is 0.165 e. The Kier molecular flexibility index (Phi) is 9.08. The van der Waals surface area contributed by atoms with Crippen molar-refractivity contribution in [2.24, 2.45) is 0 Å². The molecule has 1 heterocycles. The number of hydrogen-bond donors (Lipinski definition) is 0. The topological polar surface area (TPSA) is 35.0 Å². The molecule has 4 heteroatoms. The third-order valence-corrected chi connectivity index (χ3v) is 4.47. The highest BCUT2D eigenvalue weighted by molar-refractivity contribution is 5.59. The first-order valence-electron chi connectivity index (χ1n) is 9.98. The first-order valence-corrected chi connectivity index (χ1v) is 9.98. The molecule has 0 radical (unpaired) electrons. The second-order valence-corrected chi connectivity index (χ2v) is 6.76. The SMILES string of the molecule is CCCCCCCCc1cnc(-c2ccc(OCCCC)c(F)c2)cn1. The van der Waals surface area contributed by atoms with Gasteiger partial charge in [-0.15, -0.1) is 0 Å². The predicted molar refractivity (Wildman–Crippen MR) is 105 cm³/mol. The van der Waals surface area contributed by atoms with Gasteiger partial charge in [0.15, 0.2) is 11.6 Å². The maximum absolute atomic E-state index is 14.2. The molecule has 142 valence electrons. The van der Waals surface area contributed by atoms with E-state index in [2.05, 4.69) is 23.8 Å². The fourth-order valence-corrected chi connectivity index (χ4v) is 2.82. The molecule has 26 heavy (non-hydrogen) atoms. The first-order chi connectivity index (χ1) is 12.7. The quantitative estimate of drug-likeness (QED) is 0.414. The Balaban J connectivity index is 1.86. The van der Waals surface area contributed by atoms with Gasteiger partial charge in [-0.05, 0) is 37.5 Å². The largest absolute Gasteiger partial charge is 0.491 e. The molecule has 0 atom stereocenters. The normalized spacial score (nSPS) is 10.9. The van der Waals surface area contributed by atoms with Crippen LogP contribution in [-0.2, 0) is 6.42 Å². The van der Waals surface area contributed by atoms with Crippen molar-refractivity contribution in [3.63, 3.8) is 0 Å². The zero-order chi connectivity index (χ0) is 18.6. The van der Waals surface area contributed by atoms with Crippen LogP contribution in [0.5, 0.6) is 5.75 Å². The fourth-order valence-electron chi connectivity index (χ4n) is 2.82. The Morgan fingerprint density at radius 1 is 0.885 bits per heavy atom. The molecule has 1 aromatic heterocycles. The van der Waals surface area contributed by atoms with Crippen LogP contribution in [0.3, 0.4) is 0 Å². The average Bonchev–Trinajstić information content (AvgIpc) is 2.66. The number of rotatable bonds is 12. The van der Waals surface area contributed by atoms with Crippen molar-refractivity contribution in [2.45, 2.75) is 71.6 Å². The Morgan fingerprint density at radius 3 is 2.35 bits per heavy atom. The van der Waals surface area contributed by atoms with E-state index in [4.69, 9.17) is 4.74 Å². The summed E-state index contributed by atoms with van der Waals surface area (Å²) in [5.74, 6) is -0.0496. The van der Waals surface area contributed by atoms with Crippen LogP contribution in [0, 0.1) is 5.82 Å². The van der Waals surface area contributed by atoms with Crippen LogP contribution in [0.4, 0.5) is 4.39 Å². The van der Waals surface area contributed by atoms with Crippen LogP contribution < -0.4 is 4.74 Å². The van der Waals surface area contributed by atoms with Crippen molar-refractivity contribution in [3.8, 4) is 17.0 Å². The average molecular weight is 359 g/mol. The second kappa shape index (κ2) is 11.6. The van der Waals surface area contributed by atoms with E-state index in [1.54, 1.807) is 12.3 Å². The van der Waals surface area contributed by atoms with Crippen molar-refractivity contribution in [1.82, 2.24) is 9.97 Å². The van der Waals surface area contributed by atoms with Gasteiger partial charge < -0.3 is 4.74 Å². The van der Waals surface area contributed by atoms with E-state index >= 15 is 0 Å². The van der Waals surface area contributed by atoms with Crippen molar-refractivity contribution in [1.29, 1.82) is 0 Å². The van der Waals surface area contributed by atoms with Gasteiger partial charge >= 0.3 is 0 Å². The molecule has 0 aliphatic carbocycles. The molecular formula is C22H31FN2O. The van der Waals surface area contributed by atoms with E-state index in [1.807, 2.05) is 12.3 Å². The summed E-state index contributed by atoms with van der Waals surface area (Å²) in [7, 11) is 0. The number of ether oxygens (including phenoxy) is 1. The molecule has 2 rings (SSSR count). The van der Waals surface area contributed by atoms with E-state index in [0.717, 1.165) is 36.9 Å². The molecule has 0 bridgehead atoms.